The molecule has 1 aromatic heterocycles. The van der Waals surface area contributed by atoms with E-state index in [2.05, 4.69) is 11.1 Å². The summed E-state index contributed by atoms with van der Waals surface area (Å²) in [5, 5.41) is 19.0. The molecule has 0 atom stereocenters. The summed E-state index contributed by atoms with van der Waals surface area (Å²) in [5.41, 5.74) is 1.05. The lowest BCUT2D eigenvalue weighted by Gasteiger charge is -2.15. The highest BCUT2D eigenvalue weighted by Crippen LogP contribution is 2.02. The van der Waals surface area contributed by atoms with Crippen LogP contribution in [-0.4, -0.2) is 35.5 Å². The zero-order chi connectivity index (χ0) is 13.8. The van der Waals surface area contributed by atoms with Gasteiger partial charge in [-0.05, 0) is 19.3 Å². The molecule has 1 aliphatic carbocycles. The summed E-state index contributed by atoms with van der Waals surface area (Å²) in [6, 6.07) is 0. The molecule has 0 saturated carbocycles. The number of aryl methyl sites for hydroxylation is 1. The van der Waals surface area contributed by atoms with Crippen molar-refractivity contribution in [2.75, 3.05) is 20.8 Å². The quantitative estimate of drug-likeness (QED) is 0.761. The van der Waals surface area contributed by atoms with Crippen molar-refractivity contribution >= 4 is 12.0 Å². The van der Waals surface area contributed by atoms with Gasteiger partial charge in [0.15, 0.2) is 10.8 Å². The van der Waals surface area contributed by atoms with Crippen molar-refractivity contribution in [1.82, 2.24) is 9.55 Å². The highest BCUT2D eigenvalue weighted by atomic mass is 16.6. The molecule has 104 valence electrons. The van der Waals surface area contributed by atoms with Crippen LogP contribution in [-0.2, 0) is 22.4 Å². The zero-order valence-electron chi connectivity index (χ0n) is 11.3. The van der Waals surface area contributed by atoms with Gasteiger partial charge in [-0.1, -0.05) is 6.08 Å². The van der Waals surface area contributed by atoms with E-state index in [0.29, 0.717) is 13.2 Å². The minimum absolute atomic E-state index is 0.147. The molecule has 0 unspecified atom stereocenters. The van der Waals surface area contributed by atoms with Crippen LogP contribution in [0.4, 0.5) is 0 Å². The van der Waals surface area contributed by atoms with Crippen molar-refractivity contribution in [1.29, 1.82) is 5.41 Å². The number of nitrogens with zero attached hydrogens (tertiary/aromatic N) is 2. The van der Waals surface area contributed by atoms with Gasteiger partial charge in [0.25, 0.3) is 0 Å². The Morgan fingerprint density at radius 1 is 1.53 bits per heavy atom. The molecule has 0 saturated heterocycles. The number of fused-ring (bicyclic) bond motifs is 1. The van der Waals surface area contributed by atoms with E-state index in [4.69, 9.17) is 14.9 Å². The van der Waals surface area contributed by atoms with E-state index in [1.165, 1.54) is 7.11 Å². The van der Waals surface area contributed by atoms with Gasteiger partial charge in [-0.25, -0.2) is 4.98 Å². The summed E-state index contributed by atoms with van der Waals surface area (Å²) in [7, 11) is 2.99. The number of hydrogen-bond acceptors (Lipinski definition) is 5. The standard InChI is InChI=1S/C13H19N3O3/c1-18-8-7-16-10-6-4-3-5-9(10)15-11(12(16)14)13(17)19-2/h6,14,17H,3-5,7-8H2,1-2H3. The number of aliphatic hydroxyl groups is 1. The summed E-state index contributed by atoms with van der Waals surface area (Å²) in [5.74, 6) is -0.315. The number of aromatic nitrogens is 2. The molecule has 0 radical (unpaired) electrons. The van der Waals surface area contributed by atoms with E-state index >= 15 is 0 Å². The topological polar surface area (TPSA) is 80.4 Å². The van der Waals surface area contributed by atoms with Crippen LogP contribution in [0.25, 0.3) is 12.0 Å². The molecule has 2 rings (SSSR count). The van der Waals surface area contributed by atoms with Crippen LogP contribution in [0, 0.1) is 5.41 Å². The summed E-state index contributed by atoms with van der Waals surface area (Å²) < 4.78 is 11.7. The maximum atomic E-state index is 9.72. The molecule has 2 N–H and O–H groups in total. The number of aliphatic hydroxyl groups excluding tert-OH is 1. The van der Waals surface area contributed by atoms with E-state index in [9.17, 15) is 5.11 Å². The fourth-order valence-electron chi connectivity index (χ4n) is 2.23. The van der Waals surface area contributed by atoms with Crippen molar-refractivity contribution in [2.45, 2.75) is 25.8 Å². The van der Waals surface area contributed by atoms with Gasteiger partial charge in [0.05, 0.1) is 24.8 Å². The maximum Gasteiger partial charge on any atom is 0.307 e. The Kier molecular flexibility index (Phi) is 4.21. The van der Waals surface area contributed by atoms with Gasteiger partial charge in [0, 0.05) is 13.7 Å². The van der Waals surface area contributed by atoms with E-state index in [1.54, 1.807) is 7.11 Å². The molecule has 6 heteroatoms. The van der Waals surface area contributed by atoms with E-state index < -0.39 is 0 Å². The Morgan fingerprint density at radius 3 is 3.00 bits per heavy atom. The molecule has 0 fully saturated rings. The van der Waals surface area contributed by atoms with Gasteiger partial charge >= 0.3 is 5.95 Å². The number of hydrogen-bond donors (Lipinski definition) is 2. The van der Waals surface area contributed by atoms with Gasteiger partial charge in [-0.15, -0.1) is 0 Å². The summed E-state index contributed by atoms with van der Waals surface area (Å²) in [6.45, 7) is 1.06. The number of rotatable bonds is 4. The normalized spacial score (nSPS) is 15.5. The Labute approximate surface area is 111 Å². The molecule has 1 heterocycles. The predicted octanol–water partition coefficient (Wildman–Crippen LogP) is -0.604. The van der Waals surface area contributed by atoms with E-state index in [1.807, 2.05) is 4.57 Å². The first-order chi connectivity index (χ1) is 9.19. The molecule has 1 aliphatic rings. The molecular weight excluding hydrogens is 246 g/mol. The smallest absolute Gasteiger partial charge is 0.307 e. The van der Waals surface area contributed by atoms with Gasteiger partial charge in [-0.3, -0.25) is 5.41 Å². The second-order valence-corrected chi connectivity index (χ2v) is 4.39. The monoisotopic (exact) mass is 265 g/mol. The Hall–Kier alpha value is -1.82. The molecule has 6 nitrogen and oxygen atoms in total. The molecule has 0 spiro atoms. The first-order valence-corrected chi connectivity index (χ1v) is 6.29. The average molecular weight is 265 g/mol. The van der Waals surface area contributed by atoms with E-state index in [-0.39, 0.29) is 16.8 Å². The van der Waals surface area contributed by atoms with Gasteiger partial charge in [-0.2, -0.15) is 0 Å². The number of nitrogens with one attached hydrogen (secondary N) is 1. The third-order valence-electron chi connectivity index (χ3n) is 3.20. The first-order valence-electron chi connectivity index (χ1n) is 6.29. The van der Waals surface area contributed by atoms with Crippen molar-refractivity contribution in [3.63, 3.8) is 0 Å². The molecule has 1 aromatic rings. The number of ether oxygens (including phenoxy) is 2. The first kappa shape index (κ1) is 13.6. The minimum Gasteiger partial charge on any atom is -0.479 e. The van der Waals surface area contributed by atoms with Crippen LogP contribution in [0.2, 0.25) is 0 Å². The summed E-state index contributed by atoms with van der Waals surface area (Å²) in [6.07, 6.45) is 4.96. The number of methoxy groups -OCH3 is 2. The Morgan fingerprint density at radius 2 is 2.32 bits per heavy atom. The Bertz CT molecular complexity index is 634. The molecular formula is C13H19N3O3. The van der Waals surface area contributed by atoms with Crippen LogP contribution in [0.15, 0.2) is 0 Å². The largest absolute Gasteiger partial charge is 0.479 e. The highest BCUT2D eigenvalue weighted by molar-refractivity contribution is 5.28. The molecule has 0 amide bonds. The SMILES string of the molecule is COCCn1c2c(nc(=C(O)OC)c1=N)CCCC=2. The van der Waals surface area contributed by atoms with Crippen LogP contribution >= 0.6 is 0 Å². The fraction of sp³-hybridized carbons (Fsp3) is 0.538. The van der Waals surface area contributed by atoms with Gasteiger partial charge in [0.2, 0.25) is 0 Å². The zero-order valence-corrected chi connectivity index (χ0v) is 11.3. The third-order valence-corrected chi connectivity index (χ3v) is 3.20. The second-order valence-electron chi connectivity index (χ2n) is 4.39. The third kappa shape index (κ3) is 2.63. The molecule has 0 bridgehead atoms. The van der Waals surface area contributed by atoms with Crippen LogP contribution in [0.5, 0.6) is 0 Å². The lowest BCUT2D eigenvalue weighted by molar-refractivity contribution is 0.184. The minimum atomic E-state index is -0.315. The van der Waals surface area contributed by atoms with Crippen LogP contribution in [0.3, 0.4) is 0 Å². The van der Waals surface area contributed by atoms with Gasteiger partial charge < -0.3 is 19.1 Å². The van der Waals surface area contributed by atoms with E-state index in [0.717, 1.165) is 30.3 Å². The van der Waals surface area contributed by atoms with Crippen molar-refractivity contribution in [2.24, 2.45) is 0 Å². The van der Waals surface area contributed by atoms with Crippen LogP contribution < -0.4 is 16.2 Å². The Balaban J connectivity index is 2.73. The highest BCUT2D eigenvalue weighted by Gasteiger charge is 2.11. The predicted molar refractivity (Wildman–Crippen MR) is 69.7 cm³/mol. The second kappa shape index (κ2) is 5.88. The summed E-state index contributed by atoms with van der Waals surface area (Å²) >= 11 is 0. The fourth-order valence-corrected chi connectivity index (χ4v) is 2.23. The molecule has 0 aromatic carbocycles. The van der Waals surface area contributed by atoms with Gasteiger partial charge in [0.1, 0.15) is 0 Å². The van der Waals surface area contributed by atoms with Crippen molar-refractivity contribution in [3.05, 3.63) is 21.9 Å². The molecule has 0 aliphatic heterocycles. The summed E-state index contributed by atoms with van der Waals surface area (Å²) in [4.78, 5) is 4.36. The van der Waals surface area contributed by atoms with Crippen molar-refractivity contribution < 1.29 is 14.6 Å². The van der Waals surface area contributed by atoms with Crippen molar-refractivity contribution in [3.8, 4) is 0 Å². The lowest BCUT2D eigenvalue weighted by Crippen LogP contribution is -2.49. The maximum absolute atomic E-state index is 9.72. The van der Waals surface area contributed by atoms with Crippen LogP contribution in [0.1, 0.15) is 18.5 Å². The molecule has 19 heavy (non-hydrogen) atoms. The lowest BCUT2D eigenvalue weighted by atomic mass is 10.1. The average Bonchev–Trinajstić information content (AvgIpc) is 2.45.